The van der Waals surface area contributed by atoms with E-state index in [-0.39, 0.29) is 11.8 Å². The Morgan fingerprint density at radius 1 is 0.758 bits per heavy atom. The second kappa shape index (κ2) is 7.28. The molecule has 0 saturated carbocycles. The second-order valence-corrected chi connectivity index (χ2v) is 11.3. The number of amides is 2. The number of hydrogen-bond acceptors (Lipinski definition) is 3. The van der Waals surface area contributed by atoms with Crippen LogP contribution in [0.25, 0.3) is 0 Å². The maximum atomic E-state index is 14.0. The van der Waals surface area contributed by atoms with Crippen LogP contribution in [0.15, 0.2) is 72.8 Å². The number of ether oxygens (including phenoxy) is 1. The van der Waals surface area contributed by atoms with Crippen LogP contribution in [0.2, 0.25) is 0 Å². The predicted molar refractivity (Wildman–Crippen MR) is 134 cm³/mol. The molecule has 3 aromatic carbocycles. The van der Waals surface area contributed by atoms with Crippen LogP contribution in [0.5, 0.6) is 5.75 Å². The van der Waals surface area contributed by atoms with Gasteiger partial charge in [-0.3, -0.25) is 9.59 Å². The van der Waals surface area contributed by atoms with Gasteiger partial charge in [-0.15, -0.1) is 0 Å². The van der Waals surface area contributed by atoms with Gasteiger partial charge in [0.25, 0.3) is 0 Å². The van der Waals surface area contributed by atoms with E-state index in [1.807, 2.05) is 43.3 Å². The fourth-order valence-corrected chi connectivity index (χ4v) is 8.14. The minimum absolute atomic E-state index is 0.183. The summed E-state index contributed by atoms with van der Waals surface area (Å²) in [6.45, 7) is 2.67. The molecule has 1 aliphatic heterocycles. The number of hydrogen-bond donors (Lipinski definition) is 0. The summed E-state index contributed by atoms with van der Waals surface area (Å²) in [5.74, 6) is -0.768. The maximum absolute atomic E-state index is 14.0. The molecular formula is C27H21Br2NO3. The molecule has 3 aromatic rings. The molecule has 4 aliphatic rings. The first-order valence-electron chi connectivity index (χ1n) is 11.1. The number of imide groups is 1. The fraction of sp³-hybridized carbons (Fsp3) is 0.259. The van der Waals surface area contributed by atoms with Crippen molar-refractivity contribution in [2.75, 3.05) is 11.5 Å². The van der Waals surface area contributed by atoms with Crippen molar-refractivity contribution in [3.05, 3.63) is 95.1 Å². The number of carbonyl (C=O) groups is 2. The van der Waals surface area contributed by atoms with E-state index >= 15 is 0 Å². The Morgan fingerprint density at radius 2 is 1.18 bits per heavy atom. The summed E-state index contributed by atoms with van der Waals surface area (Å²) in [6.07, 6.45) is 0.913. The first-order chi connectivity index (χ1) is 15.9. The Morgan fingerprint density at radius 3 is 1.58 bits per heavy atom. The lowest BCUT2D eigenvalue weighted by Crippen LogP contribution is -2.56. The molecule has 0 unspecified atom stereocenters. The minimum atomic E-state index is -0.772. The first kappa shape index (κ1) is 21.1. The van der Waals surface area contributed by atoms with Gasteiger partial charge in [-0.25, -0.2) is 4.90 Å². The molecule has 2 bridgehead atoms. The van der Waals surface area contributed by atoms with Crippen LogP contribution in [0, 0.1) is 11.8 Å². The van der Waals surface area contributed by atoms with Crippen molar-refractivity contribution in [2.24, 2.45) is 11.8 Å². The summed E-state index contributed by atoms with van der Waals surface area (Å²) in [5, 5.41) is 0. The average molecular weight is 567 g/mol. The van der Waals surface area contributed by atoms with Crippen molar-refractivity contribution >= 4 is 49.4 Å². The molecule has 1 heterocycles. The molecule has 166 valence electrons. The van der Waals surface area contributed by atoms with Gasteiger partial charge in [0, 0.05) is 0 Å². The highest BCUT2D eigenvalue weighted by molar-refractivity contribution is 9.10. The van der Waals surface area contributed by atoms with E-state index in [1.54, 1.807) is 12.1 Å². The van der Waals surface area contributed by atoms with Crippen LogP contribution in [-0.4, -0.2) is 18.4 Å². The van der Waals surface area contributed by atoms with E-state index in [0.29, 0.717) is 12.3 Å². The number of halogens is 2. The number of benzene rings is 3. The van der Waals surface area contributed by atoms with Gasteiger partial charge in [0.1, 0.15) is 5.75 Å². The van der Waals surface area contributed by atoms with Crippen molar-refractivity contribution in [2.45, 2.75) is 22.0 Å². The molecule has 0 spiro atoms. The lowest BCUT2D eigenvalue weighted by molar-refractivity contribution is -0.122. The van der Waals surface area contributed by atoms with Crippen molar-refractivity contribution < 1.29 is 14.3 Å². The predicted octanol–water partition coefficient (Wildman–Crippen LogP) is 5.89. The van der Waals surface area contributed by atoms with Crippen LogP contribution >= 0.6 is 31.9 Å². The zero-order valence-electron chi connectivity index (χ0n) is 17.9. The molecule has 0 aromatic heterocycles. The van der Waals surface area contributed by atoms with Gasteiger partial charge in [-0.2, -0.15) is 0 Å². The standard InChI is InChI=1S/C27H21Br2NO3/c1-2-15-33-17-13-11-16(12-14-17)30-24(31)22-23(25(30)32)27(29)19-8-4-3-7-18(19)26(22,28)20-9-5-6-10-21(20)27/h3-14,22-23H,2,15H2,1H3/t22-,23-,26?,27?/m1/s1. The second-order valence-electron chi connectivity index (χ2n) is 8.82. The molecule has 1 saturated heterocycles. The Kier molecular flexibility index (Phi) is 4.66. The maximum Gasteiger partial charge on any atom is 0.239 e. The lowest BCUT2D eigenvalue weighted by Gasteiger charge is -2.55. The van der Waals surface area contributed by atoms with Crippen LogP contribution in [0.1, 0.15) is 35.6 Å². The fourth-order valence-electron chi connectivity index (χ4n) is 5.83. The summed E-state index contributed by atoms with van der Waals surface area (Å²) in [7, 11) is 0. The summed E-state index contributed by atoms with van der Waals surface area (Å²) >= 11 is 8.06. The summed E-state index contributed by atoms with van der Waals surface area (Å²) in [6, 6.07) is 23.4. The Labute approximate surface area is 209 Å². The van der Waals surface area contributed by atoms with Gasteiger partial charge in [0.15, 0.2) is 0 Å². The summed E-state index contributed by atoms with van der Waals surface area (Å²) in [5.41, 5.74) is 4.71. The van der Waals surface area contributed by atoms with Crippen molar-refractivity contribution in [1.82, 2.24) is 0 Å². The van der Waals surface area contributed by atoms with E-state index in [4.69, 9.17) is 4.74 Å². The number of carbonyl (C=O) groups excluding carboxylic acids is 2. The quantitative estimate of drug-likeness (QED) is 0.292. The lowest BCUT2D eigenvalue weighted by atomic mass is 9.54. The summed E-state index contributed by atoms with van der Waals surface area (Å²) < 4.78 is 4.13. The van der Waals surface area contributed by atoms with E-state index < -0.39 is 20.5 Å². The topological polar surface area (TPSA) is 46.6 Å². The van der Waals surface area contributed by atoms with Gasteiger partial charge in [0.05, 0.1) is 32.8 Å². The highest BCUT2D eigenvalue weighted by Crippen LogP contribution is 2.70. The highest BCUT2D eigenvalue weighted by Gasteiger charge is 2.72. The van der Waals surface area contributed by atoms with Gasteiger partial charge in [-0.05, 0) is 52.9 Å². The Hall–Kier alpha value is -2.44. The molecule has 0 radical (unpaired) electrons. The monoisotopic (exact) mass is 565 g/mol. The van der Waals surface area contributed by atoms with E-state index in [2.05, 4.69) is 56.1 Å². The van der Waals surface area contributed by atoms with Gasteiger partial charge in [0.2, 0.25) is 11.8 Å². The van der Waals surface area contributed by atoms with Crippen LogP contribution < -0.4 is 9.64 Å². The smallest absolute Gasteiger partial charge is 0.239 e. The van der Waals surface area contributed by atoms with Gasteiger partial charge >= 0.3 is 0 Å². The molecule has 6 heteroatoms. The molecule has 33 heavy (non-hydrogen) atoms. The minimum Gasteiger partial charge on any atom is -0.494 e. The number of alkyl halides is 2. The third-order valence-corrected chi connectivity index (χ3v) is 9.85. The SMILES string of the molecule is CCCOc1ccc(N2C(=O)[C@H]3[C@H](C2=O)C2(Br)c4ccccc4C3(Br)c3ccccc32)cc1. The molecule has 2 amide bonds. The normalized spacial score (nSPS) is 29.0. The van der Waals surface area contributed by atoms with E-state index in [1.165, 1.54) is 4.90 Å². The largest absolute Gasteiger partial charge is 0.494 e. The zero-order chi connectivity index (χ0) is 23.0. The number of anilines is 1. The molecule has 3 aliphatic carbocycles. The van der Waals surface area contributed by atoms with Gasteiger partial charge < -0.3 is 4.74 Å². The first-order valence-corrected chi connectivity index (χ1v) is 12.7. The van der Waals surface area contributed by atoms with E-state index in [9.17, 15) is 9.59 Å². The van der Waals surface area contributed by atoms with Crippen molar-refractivity contribution in [3.63, 3.8) is 0 Å². The molecular weight excluding hydrogens is 546 g/mol. The zero-order valence-corrected chi connectivity index (χ0v) is 21.1. The van der Waals surface area contributed by atoms with Crippen LogP contribution in [-0.2, 0) is 18.2 Å². The molecule has 4 nitrogen and oxygen atoms in total. The van der Waals surface area contributed by atoms with E-state index in [0.717, 1.165) is 34.4 Å². The summed E-state index contributed by atoms with van der Waals surface area (Å²) in [4.78, 5) is 29.3. The third kappa shape index (κ3) is 2.56. The molecule has 1 fully saturated rings. The Balaban J connectivity index is 1.52. The Bertz CT molecular complexity index is 1180. The van der Waals surface area contributed by atoms with Crippen molar-refractivity contribution in [3.8, 4) is 5.75 Å². The molecule has 2 atom stereocenters. The number of nitrogens with zero attached hydrogens (tertiary/aromatic N) is 1. The van der Waals surface area contributed by atoms with Crippen LogP contribution in [0.4, 0.5) is 5.69 Å². The molecule has 0 N–H and O–H groups in total. The number of rotatable bonds is 4. The highest BCUT2D eigenvalue weighted by atomic mass is 79.9. The molecule has 7 rings (SSSR count). The third-order valence-electron chi connectivity index (χ3n) is 7.15. The van der Waals surface area contributed by atoms with Gasteiger partial charge in [-0.1, -0.05) is 87.3 Å². The van der Waals surface area contributed by atoms with Crippen LogP contribution in [0.3, 0.4) is 0 Å². The van der Waals surface area contributed by atoms with Crippen molar-refractivity contribution in [1.29, 1.82) is 0 Å². The average Bonchev–Trinajstić information content (AvgIpc) is 3.12.